The maximum Gasteiger partial charge on any atom is 0.305 e. The van der Waals surface area contributed by atoms with Gasteiger partial charge >= 0.3 is 5.97 Å². The highest BCUT2D eigenvalue weighted by Crippen LogP contribution is 2.21. The van der Waals surface area contributed by atoms with Crippen LogP contribution in [0.25, 0.3) is 10.9 Å². The van der Waals surface area contributed by atoms with Crippen LogP contribution in [-0.2, 0) is 20.7 Å². The van der Waals surface area contributed by atoms with E-state index in [1.54, 1.807) is 6.92 Å². The van der Waals surface area contributed by atoms with Crippen molar-refractivity contribution in [1.82, 2.24) is 20.6 Å². The third-order valence-corrected chi connectivity index (χ3v) is 5.25. The van der Waals surface area contributed by atoms with Gasteiger partial charge in [0, 0.05) is 17.8 Å². The lowest BCUT2D eigenvalue weighted by atomic mass is 9.93. The van der Waals surface area contributed by atoms with Gasteiger partial charge in [0.2, 0.25) is 11.9 Å². The summed E-state index contributed by atoms with van der Waals surface area (Å²) in [5.41, 5.74) is 2.99. The van der Waals surface area contributed by atoms with Crippen LogP contribution in [0.1, 0.15) is 44.9 Å². The van der Waals surface area contributed by atoms with Crippen molar-refractivity contribution in [3.63, 3.8) is 0 Å². The number of nitrogens with zero attached hydrogens (tertiary/aromatic N) is 2. The third kappa shape index (κ3) is 5.00. The average molecular weight is 399 g/mol. The molecule has 3 atom stereocenters. The number of fused-ring (bicyclic) bond motifs is 1. The molecule has 2 heterocycles. The number of hydrogen-bond donors (Lipinski definition) is 3. The number of benzene rings is 1. The molecular weight excluding hydrogens is 370 g/mol. The molecule has 1 fully saturated rings. The SMILES string of the molecule is CCOC(=O)CCC1C(=O)NC(Nc2nc(C)c3cc(CC)ccc3n2)NC1C. The molecule has 0 saturated carbocycles. The summed E-state index contributed by atoms with van der Waals surface area (Å²) in [5.74, 6) is -0.236. The monoisotopic (exact) mass is 399 g/mol. The van der Waals surface area contributed by atoms with Crippen molar-refractivity contribution in [3.05, 3.63) is 29.5 Å². The van der Waals surface area contributed by atoms with Crippen molar-refractivity contribution in [2.75, 3.05) is 11.9 Å². The topological polar surface area (TPSA) is 105 Å². The second-order valence-electron chi connectivity index (χ2n) is 7.33. The van der Waals surface area contributed by atoms with Gasteiger partial charge in [-0.3, -0.25) is 14.9 Å². The first-order valence-corrected chi connectivity index (χ1v) is 10.2. The highest BCUT2D eigenvalue weighted by atomic mass is 16.5. The van der Waals surface area contributed by atoms with Gasteiger partial charge in [-0.15, -0.1) is 0 Å². The van der Waals surface area contributed by atoms with Gasteiger partial charge in [0.1, 0.15) is 0 Å². The smallest absolute Gasteiger partial charge is 0.305 e. The summed E-state index contributed by atoms with van der Waals surface area (Å²) in [7, 11) is 0. The van der Waals surface area contributed by atoms with E-state index in [1.807, 2.05) is 19.9 Å². The number of hydrogen-bond acceptors (Lipinski definition) is 7. The lowest BCUT2D eigenvalue weighted by Crippen LogP contribution is -2.63. The van der Waals surface area contributed by atoms with E-state index in [2.05, 4.69) is 45.0 Å². The van der Waals surface area contributed by atoms with Crippen LogP contribution in [0.15, 0.2) is 18.2 Å². The number of carbonyl (C=O) groups is 2. The van der Waals surface area contributed by atoms with E-state index in [0.29, 0.717) is 19.0 Å². The number of nitrogens with one attached hydrogen (secondary N) is 3. The van der Waals surface area contributed by atoms with Crippen LogP contribution >= 0.6 is 0 Å². The van der Waals surface area contributed by atoms with Gasteiger partial charge in [-0.25, -0.2) is 9.97 Å². The molecule has 1 saturated heterocycles. The fourth-order valence-corrected chi connectivity index (χ4v) is 3.60. The summed E-state index contributed by atoms with van der Waals surface area (Å²) in [6.45, 7) is 8.12. The Balaban J connectivity index is 1.66. The Morgan fingerprint density at radius 1 is 1.28 bits per heavy atom. The van der Waals surface area contributed by atoms with Crippen LogP contribution < -0.4 is 16.0 Å². The minimum atomic E-state index is -0.483. The van der Waals surface area contributed by atoms with Crippen LogP contribution in [-0.4, -0.2) is 40.8 Å². The number of aromatic nitrogens is 2. The Kier molecular flexibility index (Phi) is 6.64. The summed E-state index contributed by atoms with van der Waals surface area (Å²) >= 11 is 0. The minimum Gasteiger partial charge on any atom is -0.466 e. The Morgan fingerprint density at radius 2 is 2.07 bits per heavy atom. The number of rotatable bonds is 7. The highest BCUT2D eigenvalue weighted by Gasteiger charge is 2.33. The Bertz CT molecular complexity index is 901. The van der Waals surface area contributed by atoms with Gasteiger partial charge in [0.15, 0.2) is 6.29 Å². The lowest BCUT2D eigenvalue weighted by molar-refractivity contribution is -0.143. The fraction of sp³-hybridized carbons (Fsp3) is 0.524. The van der Waals surface area contributed by atoms with Gasteiger partial charge in [0.05, 0.1) is 23.7 Å². The van der Waals surface area contributed by atoms with Crippen molar-refractivity contribution in [2.24, 2.45) is 5.92 Å². The molecule has 0 radical (unpaired) electrons. The molecule has 29 heavy (non-hydrogen) atoms. The van der Waals surface area contributed by atoms with Crippen molar-refractivity contribution in [2.45, 2.75) is 59.3 Å². The molecule has 2 aromatic rings. The zero-order valence-electron chi connectivity index (χ0n) is 17.4. The molecule has 1 aromatic carbocycles. The van der Waals surface area contributed by atoms with E-state index < -0.39 is 6.29 Å². The quantitative estimate of drug-likeness (QED) is 0.613. The predicted octanol–water partition coefficient (Wildman–Crippen LogP) is 2.26. The van der Waals surface area contributed by atoms with E-state index in [-0.39, 0.29) is 30.3 Å². The maximum absolute atomic E-state index is 12.5. The molecule has 3 N–H and O–H groups in total. The zero-order chi connectivity index (χ0) is 21.0. The van der Waals surface area contributed by atoms with E-state index in [9.17, 15) is 9.59 Å². The molecule has 0 spiro atoms. The number of esters is 1. The summed E-state index contributed by atoms with van der Waals surface area (Å²) < 4.78 is 4.94. The zero-order valence-corrected chi connectivity index (χ0v) is 17.4. The fourth-order valence-electron chi connectivity index (χ4n) is 3.60. The first-order valence-electron chi connectivity index (χ1n) is 10.2. The van der Waals surface area contributed by atoms with E-state index in [0.717, 1.165) is 23.0 Å². The van der Waals surface area contributed by atoms with Crippen molar-refractivity contribution in [3.8, 4) is 0 Å². The van der Waals surface area contributed by atoms with E-state index in [4.69, 9.17) is 4.74 Å². The Hall–Kier alpha value is -2.74. The van der Waals surface area contributed by atoms with Gasteiger partial charge in [0.25, 0.3) is 0 Å². The number of ether oxygens (including phenoxy) is 1. The van der Waals surface area contributed by atoms with E-state index in [1.165, 1.54) is 5.56 Å². The van der Waals surface area contributed by atoms with Gasteiger partial charge in [-0.2, -0.15) is 0 Å². The van der Waals surface area contributed by atoms with Crippen molar-refractivity contribution in [1.29, 1.82) is 0 Å². The van der Waals surface area contributed by atoms with Crippen LogP contribution in [0.2, 0.25) is 0 Å². The van der Waals surface area contributed by atoms with Crippen molar-refractivity contribution < 1.29 is 14.3 Å². The van der Waals surface area contributed by atoms with Gasteiger partial charge in [-0.1, -0.05) is 13.0 Å². The minimum absolute atomic E-state index is 0.107. The second kappa shape index (κ2) is 9.17. The first kappa shape index (κ1) is 21.0. The molecule has 156 valence electrons. The molecule has 0 bridgehead atoms. The number of carbonyl (C=O) groups excluding carboxylic acids is 2. The predicted molar refractivity (Wildman–Crippen MR) is 111 cm³/mol. The number of aryl methyl sites for hydroxylation is 2. The van der Waals surface area contributed by atoms with Crippen LogP contribution in [0.3, 0.4) is 0 Å². The second-order valence-corrected chi connectivity index (χ2v) is 7.33. The average Bonchev–Trinajstić information content (AvgIpc) is 2.67. The number of anilines is 1. The third-order valence-electron chi connectivity index (χ3n) is 5.25. The van der Waals surface area contributed by atoms with Crippen LogP contribution in [0, 0.1) is 12.8 Å². The molecule has 1 aliphatic heterocycles. The molecule has 1 aromatic heterocycles. The first-order chi connectivity index (χ1) is 13.9. The molecule has 8 nitrogen and oxygen atoms in total. The maximum atomic E-state index is 12.5. The molecular formula is C21H29N5O3. The van der Waals surface area contributed by atoms with Crippen LogP contribution in [0.5, 0.6) is 0 Å². The molecule has 8 heteroatoms. The summed E-state index contributed by atoms with van der Waals surface area (Å²) in [5, 5.41) is 10.4. The molecule has 1 aliphatic rings. The number of amides is 1. The Morgan fingerprint density at radius 3 is 2.76 bits per heavy atom. The molecule has 3 unspecified atom stereocenters. The normalized spacial score (nSPS) is 21.7. The summed E-state index contributed by atoms with van der Waals surface area (Å²) in [6.07, 6.45) is 1.14. The standard InChI is InChI=1S/C21H29N5O3/c1-5-14-7-9-17-16(11-14)13(4)23-20(24-17)26-21-22-12(3)15(19(28)25-21)8-10-18(27)29-6-2/h7,9,11-12,15,21-22H,5-6,8,10H2,1-4H3,(H,25,28)(H,23,24,26). The Labute approximate surface area is 170 Å². The molecule has 3 rings (SSSR count). The van der Waals surface area contributed by atoms with Gasteiger partial charge in [-0.05, 0) is 51.3 Å². The molecule has 0 aliphatic carbocycles. The van der Waals surface area contributed by atoms with Crippen molar-refractivity contribution >= 4 is 28.7 Å². The van der Waals surface area contributed by atoms with Crippen LogP contribution in [0.4, 0.5) is 5.95 Å². The highest BCUT2D eigenvalue weighted by molar-refractivity contribution is 5.83. The lowest BCUT2D eigenvalue weighted by Gasteiger charge is -2.35. The largest absolute Gasteiger partial charge is 0.466 e. The van der Waals surface area contributed by atoms with Gasteiger partial charge < -0.3 is 15.4 Å². The van der Waals surface area contributed by atoms with E-state index >= 15 is 0 Å². The summed E-state index contributed by atoms with van der Waals surface area (Å²) in [4.78, 5) is 33.2. The summed E-state index contributed by atoms with van der Waals surface area (Å²) in [6, 6.07) is 6.07. The molecule has 1 amide bonds.